The quantitative estimate of drug-likeness (QED) is 0.639. The summed E-state index contributed by atoms with van der Waals surface area (Å²) in [6.07, 6.45) is 1.50. The van der Waals surface area contributed by atoms with Crippen molar-refractivity contribution in [3.63, 3.8) is 0 Å². The van der Waals surface area contributed by atoms with Crippen LogP contribution in [0.5, 0.6) is 5.75 Å². The predicted octanol–water partition coefficient (Wildman–Crippen LogP) is 4.79. The van der Waals surface area contributed by atoms with Crippen LogP contribution in [0.2, 0.25) is 0 Å². The van der Waals surface area contributed by atoms with Crippen molar-refractivity contribution in [3.8, 4) is 5.75 Å². The van der Waals surface area contributed by atoms with E-state index in [0.29, 0.717) is 0 Å². The summed E-state index contributed by atoms with van der Waals surface area (Å²) in [4.78, 5) is 17.7. The fourth-order valence-electron chi connectivity index (χ4n) is 3.78. The fraction of sp³-hybridized carbons (Fsp3) is 0.542. The van der Waals surface area contributed by atoms with Gasteiger partial charge < -0.3 is 20.1 Å². The zero-order chi connectivity index (χ0) is 22.8. The van der Waals surface area contributed by atoms with Crippen LogP contribution < -0.4 is 15.0 Å². The maximum absolute atomic E-state index is 9.70. The second-order valence-corrected chi connectivity index (χ2v) is 9.61. The predicted molar refractivity (Wildman–Crippen MR) is 130 cm³/mol. The van der Waals surface area contributed by atoms with Gasteiger partial charge in [0.25, 0.3) is 0 Å². The Bertz CT molecular complexity index is 814. The number of hydrogen-bond donors (Lipinski definition) is 2. The van der Waals surface area contributed by atoms with Gasteiger partial charge in [-0.15, -0.1) is 11.3 Å². The van der Waals surface area contributed by atoms with Gasteiger partial charge in [-0.25, -0.2) is 4.79 Å². The Kier molecular flexibility index (Phi) is 10.1. The standard InChI is InChI=1S/C20H28N2OS.C4H9NO2/c1-16-15-18(17(2)24-16)7-6-10-21-11-13-22(14-12-21)19-8-4-5-9-20(19)23-3;1-3(2)5-4(6)7/h4-5,8-9,15H,6-7,10-14H2,1-3H3;3,5H,1-2H3,(H,6,7). The van der Waals surface area contributed by atoms with Gasteiger partial charge in [0.15, 0.2) is 0 Å². The third-order valence-corrected chi connectivity index (χ3v) is 6.28. The first kappa shape index (κ1) is 25.0. The Morgan fingerprint density at radius 2 is 1.87 bits per heavy atom. The van der Waals surface area contributed by atoms with E-state index in [0.717, 1.165) is 31.9 Å². The zero-order valence-corrected chi connectivity index (χ0v) is 20.3. The van der Waals surface area contributed by atoms with E-state index in [-0.39, 0.29) is 6.04 Å². The van der Waals surface area contributed by atoms with Crippen molar-refractivity contribution in [2.24, 2.45) is 0 Å². The van der Waals surface area contributed by atoms with E-state index in [1.54, 1.807) is 26.5 Å². The first-order valence-corrected chi connectivity index (χ1v) is 11.8. The van der Waals surface area contributed by atoms with Crippen molar-refractivity contribution < 1.29 is 14.6 Å². The number of piperazine rings is 1. The molecule has 0 atom stereocenters. The SMILES string of the molecule is CC(C)NC(=O)O.COc1ccccc1N1CCN(CCCc2cc(C)sc2C)CC1. The zero-order valence-electron chi connectivity index (χ0n) is 19.5. The number of aryl methyl sites for hydroxylation is 3. The molecule has 31 heavy (non-hydrogen) atoms. The molecule has 6 nitrogen and oxygen atoms in total. The number of amides is 1. The molecular weight excluding hydrogens is 410 g/mol. The second-order valence-electron chi connectivity index (χ2n) is 8.15. The van der Waals surface area contributed by atoms with Gasteiger partial charge in [0, 0.05) is 42.0 Å². The Labute approximate surface area is 190 Å². The van der Waals surface area contributed by atoms with Gasteiger partial charge in [0.1, 0.15) is 5.75 Å². The van der Waals surface area contributed by atoms with E-state index in [4.69, 9.17) is 9.84 Å². The van der Waals surface area contributed by atoms with E-state index in [1.807, 2.05) is 23.5 Å². The molecule has 0 spiro atoms. The van der Waals surface area contributed by atoms with Crippen molar-refractivity contribution in [2.75, 3.05) is 44.7 Å². The van der Waals surface area contributed by atoms with Gasteiger partial charge in [-0.2, -0.15) is 0 Å². The summed E-state index contributed by atoms with van der Waals surface area (Å²) >= 11 is 1.92. The Hall–Kier alpha value is -2.25. The summed E-state index contributed by atoms with van der Waals surface area (Å²) in [5.74, 6) is 0.981. The topological polar surface area (TPSA) is 65.0 Å². The molecule has 172 valence electrons. The fourth-order valence-corrected chi connectivity index (χ4v) is 4.75. The van der Waals surface area contributed by atoms with Crippen LogP contribution in [0.15, 0.2) is 30.3 Å². The number of nitrogens with one attached hydrogen (secondary N) is 1. The molecule has 0 saturated carbocycles. The van der Waals surface area contributed by atoms with Crippen LogP contribution in [-0.4, -0.2) is 62.0 Å². The molecular formula is C24H37N3O3S. The first-order valence-electron chi connectivity index (χ1n) is 11.0. The third kappa shape index (κ3) is 8.42. The van der Waals surface area contributed by atoms with Crippen LogP contribution in [-0.2, 0) is 6.42 Å². The van der Waals surface area contributed by atoms with Crippen molar-refractivity contribution in [1.29, 1.82) is 0 Å². The molecule has 1 amide bonds. The third-order valence-electron chi connectivity index (χ3n) is 5.27. The molecule has 1 aromatic heterocycles. The summed E-state index contributed by atoms with van der Waals surface area (Å²) in [7, 11) is 1.75. The molecule has 3 rings (SSSR count). The Morgan fingerprint density at radius 1 is 1.19 bits per heavy atom. The van der Waals surface area contributed by atoms with Crippen LogP contribution in [0.4, 0.5) is 10.5 Å². The lowest BCUT2D eigenvalue weighted by atomic mass is 10.1. The molecule has 1 aromatic carbocycles. The number of hydrogen-bond acceptors (Lipinski definition) is 5. The molecule has 1 fully saturated rings. The molecule has 0 bridgehead atoms. The lowest BCUT2D eigenvalue weighted by Crippen LogP contribution is -2.46. The maximum atomic E-state index is 9.70. The summed E-state index contributed by atoms with van der Waals surface area (Å²) in [6, 6.07) is 10.7. The maximum Gasteiger partial charge on any atom is 0.404 e. The summed E-state index contributed by atoms with van der Waals surface area (Å²) in [6.45, 7) is 13.6. The minimum Gasteiger partial charge on any atom is -0.495 e. The van der Waals surface area contributed by atoms with Gasteiger partial charge in [0.2, 0.25) is 0 Å². The van der Waals surface area contributed by atoms with Crippen LogP contribution in [0.25, 0.3) is 0 Å². The molecule has 7 heteroatoms. The lowest BCUT2D eigenvalue weighted by molar-refractivity contribution is 0.191. The van der Waals surface area contributed by atoms with Crippen LogP contribution >= 0.6 is 11.3 Å². The monoisotopic (exact) mass is 447 g/mol. The van der Waals surface area contributed by atoms with Gasteiger partial charge in [-0.05, 0) is 70.8 Å². The number of ether oxygens (including phenoxy) is 1. The van der Waals surface area contributed by atoms with Crippen LogP contribution in [0.3, 0.4) is 0 Å². The normalized spacial score (nSPS) is 14.2. The highest BCUT2D eigenvalue weighted by molar-refractivity contribution is 7.12. The highest BCUT2D eigenvalue weighted by Gasteiger charge is 2.19. The Balaban J connectivity index is 0.000000423. The molecule has 0 aliphatic carbocycles. The molecule has 1 aliphatic heterocycles. The molecule has 2 heterocycles. The van der Waals surface area contributed by atoms with E-state index in [2.05, 4.69) is 47.2 Å². The van der Waals surface area contributed by atoms with Crippen molar-refractivity contribution in [3.05, 3.63) is 45.6 Å². The number of carbonyl (C=O) groups is 1. The lowest BCUT2D eigenvalue weighted by Gasteiger charge is -2.36. The van der Waals surface area contributed by atoms with Crippen LogP contribution in [0, 0.1) is 13.8 Å². The minimum absolute atomic E-state index is 0.0255. The molecule has 1 aliphatic rings. The average molecular weight is 448 g/mol. The highest BCUT2D eigenvalue weighted by Crippen LogP contribution is 2.28. The second kappa shape index (κ2) is 12.6. The molecule has 0 unspecified atom stereocenters. The average Bonchev–Trinajstić information content (AvgIpc) is 3.05. The van der Waals surface area contributed by atoms with E-state index in [9.17, 15) is 4.79 Å². The molecule has 2 aromatic rings. The van der Waals surface area contributed by atoms with Gasteiger partial charge >= 0.3 is 6.09 Å². The number of anilines is 1. The minimum atomic E-state index is -0.963. The van der Waals surface area contributed by atoms with Gasteiger partial charge in [0.05, 0.1) is 12.8 Å². The molecule has 1 saturated heterocycles. The highest BCUT2D eigenvalue weighted by atomic mass is 32.1. The summed E-state index contributed by atoms with van der Waals surface area (Å²) in [5.41, 5.74) is 2.77. The van der Waals surface area contributed by atoms with Crippen molar-refractivity contribution in [2.45, 2.75) is 46.6 Å². The summed E-state index contributed by atoms with van der Waals surface area (Å²) in [5, 5.41) is 10.2. The van der Waals surface area contributed by atoms with Crippen molar-refractivity contribution >= 4 is 23.1 Å². The molecule has 2 N–H and O–H groups in total. The first-order chi connectivity index (χ1) is 14.8. The number of para-hydroxylation sites is 2. The van der Waals surface area contributed by atoms with Crippen LogP contribution in [0.1, 0.15) is 35.6 Å². The number of methoxy groups -OCH3 is 1. The van der Waals surface area contributed by atoms with E-state index >= 15 is 0 Å². The van der Waals surface area contributed by atoms with Crippen molar-refractivity contribution in [1.82, 2.24) is 10.2 Å². The van der Waals surface area contributed by atoms with E-state index in [1.165, 1.54) is 34.8 Å². The number of thiophene rings is 1. The Morgan fingerprint density at radius 3 is 2.39 bits per heavy atom. The van der Waals surface area contributed by atoms with E-state index < -0.39 is 6.09 Å². The molecule has 0 radical (unpaired) electrons. The number of benzene rings is 1. The smallest absolute Gasteiger partial charge is 0.404 e. The largest absolute Gasteiger partial charge is 0.495 e. The number of rotatable bonds is 7. The van der Waals surface area contributed by atoms with Gasteiger partial charge in [-0.1, -0.05) is 12.1 Å². The number of carboxylic acid groups (broad SMARTS) is 1. The van der Waals surface area contributed by atoms with Gasteiger partial charge in [-0.3, -0.25) is 4.90 Å². The summed E-state index contributed by atoms with van der Waals surface area (Å²) < 4.78 is 5.50. The number of nitrogens with zero attached hydrogens (tertiary/aromatic N) is 2.